The van der Waals surface area contributed by atoms with E-state index in [9.17, 15) is 9.59 Å². The van der Waals surface area contributed by atoms with Gasteiger partial charge in [0.15, 0.2) is 5.82 Å². The third-order valence-electron chi connectivity index (χ3n) is 3.77. The number of carbonyl (C=O) groups is 1. The van der Waals surface area contributed by atoms with Crippen molar-refractivity contribution in [1.29, 1.82) is 0 Å². The normalized spacial score (nSPS) is 10.4. The van der Waals surface area contributed by atoms with E-state index in [0.29, 0.717) is 22.9 Å². The van der Waals surface area contributed by atoms with Crippen LogP contribution >= 0.6 is 0 Å². The third-order valence-corrected chi connectivity index (χ3v) is 3.77. The third kappa shape index (κ3) is 4.11. The number of amides is 1. The minimum Gasteiger partial charge on any atom is -0.497 e. The molecule has 0 aliphatic rings. The van der Waals surface area contributed by atoms with Crippen molar-refractivity contribution in [1.82, 2.24) is 29.9 Å². The van der Waals surface area contributed by atoms with Crippen LogP contribution in [0.3, 0.4) is 0 Å². The van der Waals surface area contributed by atoms with Crippen LogP contribution in [-0.2, 0) is 6.54 Å². The van der Waals surface area contributed by atoms with E-state index in [0.717, 1.165) is 0 Å². The van der Waals surface area contributed by atoms with Crippen LogP contribution < -0.4 is 20.3 Å². The first-order valence-electron chi connectivity index (χ1n) is 8.06. The second kappa shape index (κ2) is 8.13. The highest BCUT2D eigenvalue weighted by Gasteiger charge is 2.13. The van der Waals surface area contributed by atoms with Crippen LogP contribution in [0.1, 0.15) is 10.4 Å². The van der Waals surface area contributed by atoms with E-state index in [1.165, 1.54) is 42.3 Å². The molecule has 0 bridgehead atoms. The maximum absolute atomic E-state index is 12.4. The lowest BCUT2D eigenvalue weighted by atomic mass is 10.1. The van der Waals surface area contributed by atoms with Gasteiger partial charge in [-0.05, 0) is 24.3 Å². The Morgan fingerprint density at radius 2 is 2.04 bits per heavy atom. The van der Waals surface area contributed by atoms with Crippen molar-refractivity contribution < 1.29 is 14.3 Å². The van der Waals surface area contributed by atoms with E-state index >= 15 is 0 Å². The van der Waals surface area contributed by atoms with Crippen LogP contribution in [0.5, 0.6) is 11.5 Å². The highest BCUT2D eigenvalue weighted by Crippen LogP contribution is 2.23. The summed E-state index contributed by atoms with van der Waals surface area (Å²) in [7, 11) is 3.00. The summed E-state index contributed by atoms with van der Waals surface area (Å²) in [5, 5.41) is 10.9. The second-order valence-electron chi connectivity index (χ2n) is 5.42. The topological polar surface area (TPSA) is 113 Å². The average molecular weight is 370 g/mol. The Bertz CT molecular complexity index is 983. The Morgan fingerprint density at radius 3 is 2.74 bits per heavy atom. The number of aromatic nitrogens is 5. The van der Waals surface area contributed by atoms with Gasteiger partial charge in [0, 0.05) is 12.6 Å². The largest absolute Gasteiger partial charge is 0.497 e. The van der Waals surface area contributed by atoms with Crippen LogP contribution in [0, 0.1) is 0 Å². The van der Waals surface area contributed by atoms with Gasteiger partial charge in [-0.15, -0.1) is 5.10 Å². The van der Waals surface area contributed by atoms with Crippen molar-refractivity contribution in [2.45, 2.75) is 6.54 Å². The highest BCUT2D eigenvalue weighted by molar-refractivity contribution is 5.97. The van der Waals surface area contributed by atoms with Crippen molar-refractivity contribution in [3.63, 3.8) is 0 Å². The molecule has 2 heterocycles. The fourth-order valence-electron chi connectivity index (χ4n) is 2.41. The molecule has 0 radical (unpaired) electrons. The van der Waals surface area contributed by atoms with E-state index in [4.69, 9.17) is 9.47 Å². The Morgan fingerprint density at radius 1 is 1.19 bits per heavy atom. The molecule has 0 fully saturated rings. The summed E-state index contributed by atoms with van der Waals surface area (Å²) in [6.45, 7) is 0.395. The summed E-state index contributed by atoms with van der Waals surface area (Å²) in [4.78, 5) is 28.3. The molecule has 10 nitrogen and oxygen atoms in total. The molecule has 0 saturated carbocycles. The molecule has 0 spiro atoms. The Balaban J connectivity index is 1.69. The molecule has 0 aliphatic carbocycles. The first-order valence-corrected chi connectivity index (χ1v) is 8.06. The van der Waals surface area contributed by atoms with Crippen LogP contribution in [0.4, 0.5) is 0 Å². The zero-order valence-corrected chi connectivity index (χ0v) is 14.8. The second-order valence-corrected chi connectivity index (χ2v) is 5.42. The standard InChI is InChI=1S/C17H18N6O4/c1-26-12-3-4-14(27-2)13(9-12)17(25)19-7-8-22-16(24)6-5-15(21-22)23-11-18-10-20-23/h3-6,9-11H,7-8H2,1-2H3,(H,19,25). The Labute approximate surface area is 154 Å². The molecule has 3 aromatic rings. The number of carbonyl (C=O) groups excluding carboxylic acids is 1. The molecule has 1 N–H and O–H groups in total. The van der Waals surface area contributed by atoms with Gasteiger partial charge < -0.3 is 14.8 Å². The van der Waals surface area contributed by atoms with Gasteiger partial charge in [-0.25, -0.2) is 14.3 Å². The molecule has 10 heteroatoms. The van der Waals surface area contributed by atoms with Gasteiger partial charge in [0.25, 0.3) is 11.5 Å². The molecule has 0 saturated heterocycles. The lowest BCUT2D eigenvalue weighted by molar-refractivity contribution is 0.0948. The van der Waals surface area contributed by atoms with Gasteiger partial charge in [0.2, 0.25) is 0 Å². The first kappa shape index (κ1) is 18.1. The molecule has 27 heavy (non-hydrogen) atoms. The predicted molar refractivity (Wildman–Crippen MR) is 95.3 cm³/mol. The maximum atomic E-state index is 12.4. The summed E-state index contributed by atoms with van der Waals surface area (Å²) in [5.74, 6) is 1.08. The lowest BCUT2D eigenvalue weighted by Crippen LogP contribution is -2.32. The number of hydrogen-bond donors (Lipinski definition) is 1. The van der Waals surface area contributed by atoms with Crippen LogP contribution in [0.2, 0.25) is 0 Å². The Kier molecular flexibility index (Phi) is 5.45. The van der Waals surface area contributed by atoms with Crippen LogP contribution in [-0.4, -0.2) is 51.2 Å². The number of nitrogens with one attached hydrogen (secondary N) is 1. The maximum Gasteiger partial charge on any atom is 0.266 e. The minimum atomic E-state index is -0.341. The average Bonchev–Trinajstić information content (AvgIpc) is 3.23. The zero-order chi connectivity index (χ0) is 19.2. The number of methoxy groups -OCH3 is 2. The van der Waals surface area contributed by atoms with Crippen molar-refractivity contribution >= 4 is 5.91 Å². The van der Waals surface area contributed by atoms with Gasteiger partial charge in [0.05, 0.1) is 26.3 Å². The van der Waals surface area contributed by atoms with Gasteiger partial charge >= 0.3 is 0 Å². The molecule has 1 amide bonds. The number of rotatable bonds is 7. The molecule has 0 unspecified atom stereocenters. The fraction of sp³-hybridized carbons (Fsp3) is 0.235. The summed E-state index contributed by atoms with van der Waals surface area (Å²) < 4.78 is 13.0. The van der Waals surface area contributed by atoms with Crippen molar-refractivity contribution in [3.05, 3.63) is 58.9 Å². The molecular weight excluding hydrogens is 352 g/mol. The number of hydrogen-bond acceptors (Lipinski definition) is 7. The van der Waals surface area contributed by atoms with E-state index in [1.807, 2.05) is 0 Å². The SMILES string of the molecule is COc1ccc(OC)c(C(=O)NCCn2nc(-n3cncn3)ccc2=O)c1. The number of benzene rings is 1. The lowest BCUT2D eigenvalue weighted by Gasteiger charge is -2.11. The van der Waals surface area contributed by atoms with E-state index < -0.39 is 0 Å². The molecule has 1 aromatic carbocycles. The van der Waals surface area contributed by atoms with Crippen molar-refractivity contribution in [2.75, 3.05) is 20.8 Å². The van der Waals surface area contributed by atoms with Crippen LogP contribution in [0.25, 0.3) is 5.82 Å². The molecule has 140 valence electrons. The van der Waals surface area contributed by atoms with E-state index in [-0.39, 0.29) is 24.6 Å². The smallest absolute Gasteiger partial charge is 0.266 e. The quantitative estimate of drug-likeness (QED) is 0.635. The minimum absolute atomic E-state index is 0.194. The highest BCUT2D eigenvalue weighted by atomic mass is 16.5. The summed E-state index contributed by atoms with van der Waals surface area (Å²) in [5.41, 5.74) is 0.0561. The Hall–Kier alpha value is -3.69. The van der Waals surface area contributed by atoms with E-state index in [2.05, 4.69) is 20.5 Å². The van der Waals surface area contributed by atoms with Gasteiger partial charge in [0.1, 0.15) is 24.2 Å². The summed E-state index contributed by atoms with van der Waals surface area (Å²) >= 11 is 0. The monoisotopic (exact) mass is 370 g/mol. The molecule has 3 rings (SSSR count). The molecular formula is C17H18N6O4. The molecule has 0 aliphatic heterocycles. The first-order chi connectivity index (χ1) is 13.1. The summed E-state index contributed by atoms with van der Waals surface area (Å²) in [6, 6.07) is 7.88. The number of ether oxygens (including phenoxy) is 2. The van der Waals surface area contributed by atoms with E-state index in [1.54, 1.807) is 24.3 Å². The van der Waals surface area contributed by atoms with Crippen molar-refractivity contribution in [3.8, 4) is 17.3 Å². The fourth-order valence-corrected chi connectivity index (χ4v) is 2.41. The predicted octanol–water partition coefficient (Wildman–Crippen LogP) is 0.271. The molecule has 2 aromatic heterocycles. The zero-order valence-electron chi connectivity index (χ0n) is 14.8. The van der Waals surface area contributed by atoms with Crippen molar-refractivity contribution in [2.24, 2.45) is 0 Å². The number of nitrogens with zero attached hydrogens (tertiary/aromatic N) is 5. The molecule has 0 atom stereocenters. The summed E-state index contributed by atoms with van der Waals surface area (Å²) in [6.07, 6.45) is 2.85. The van der Waals surface area contributed by atoms with Gasteiger partial charge in [-0.1, -0.05) is 0 Å². The van der Waals surface area contributed by atoms with Gasteiger partial charge in [-0.2, -0.15) is 5.10 Å². The van der Waals surface area contributed by atoms with Crippen LogP contribution in [0.15, 0.2) is 47.8 Å². The van der Waals surface area contributed by atoms with Gasteiger partial charge in [-0.3, -0.25) is 9.59 Å².